The van der Waals surface area contributed by atoms with Gasteiger partial charge in [-0.2, -0.15) is 8.88 Å². The number of carbonyl (C=O) groups excluding carboxylic acids is 2. The van der Waals surface area contributed by atoms with Crippen molar-refractivity contribution in [3.05, 3.63) is 159 Å². The average molecular weight is 921 g/mol. The molecule has 2 amide bonds. The fraction of sp³-hybridized carbons (Fsp3) is 0.200. The summed E-state index contributed by atoms with van der Waals surface area (Å²) in [7, 11) is -2.87. The third-order valence-electron chi connectivity index (χ3n) is 12.8. The topological polar surface area (TPSA) is 143 Å². The van der Waals surface area contributed by atoms with Crippen LogP contribution in [0.3, 0.4) is 0 Å². The van der Waals surface area contributed by atoms with Crippen LogP contribution in [-0.2, 0) is 43.7 Å². The molecule has 15 heteroatoms. The first-order valence-electron chi connectivity index (χ1n) is 21.4. The molecule has 12 nitrogen and oxygen atoms in total. The number of nitrogens with one attached hydrogen (secondary N) is 1. The molecule has 0 unspecified atom stereocenters. The Morgan fingerprint density at radius 2 is 1.71 bits per heavy atom. The lowest BCUT2D eigenvalue weighted by molar-refractivity contribution is -0.150. The van der Waals surface area contributed by atoms with E-state index in [2.05, 4.69) is 63.3 Å². The third-order valence-corrected chi connectivity index (χ3v) is 16.9. The van der Waals surface area contributed by atoms with Crippen molar-refractivity contribution in [3.8, 4) is 22.5 Å². The van der Waals surface area contributed by atoms with Gasteiger partial charge in [-0.15, -0.1) is 23.1 Å². The number of thiophene rings is 1. The van der Waals surface area contributed by atoms with Gasteiger partial charge in [0.2, 0.25) is 27.0 Å². The zero-order valence-electron chi connectivity index (χ0n) is 35.1. The number of carbonyl (C=O) groups is 3. The number of benzene rings is 5. The number of sulfonamides is 1. The average Bonchev–Trinajstić information content (AvgIpc) is 4.10. The first-order chi connectivity index (χ1) is 31.5. The molecule has 5 aromatic rings. The number of carboxylic acid groups (broad SMARTS) is 1. The summed E-state index contributed by atoms with van der Waals surface area (Å²) < 4.78 is 40.2. The number of fused-ring (bicyclic) bond motifs is 5. The van der Waals surface area contributed by atoms with Gasteiger partial charge in [-0.1, -0.05) is 60.7 Å². The van der Waals surface area contributed by atoms with Gasteiger partial charge in [-0.25, -0.2) is 13.2 Å². The third kappa shape index (κ3) is 7.04. The summed E-state index contributed by atoms with van der Waals surface area (Å²) in [6.45, 7) is 1.36. The molecule has 1 saturated heterocycles. The molecular formula is C50H42N5O7S3+. The normalized spacial score (nSPS) is 18.8. The van der Waals surface area contributed by atoms with Gasteiger partial charge in [0, 0.05) is 94.4 Å². The van der Waals surface area contributed by atoms with Gasteiger partial charge in [0.05, 0.1) is 17.4 Å². The van der Waals surface area contributed by atoms with E-state index in [0.29, 0.717) is 22.5 Å². The van der Waals surface area contributed by atoms with Gasteiger partial charge >= 0.3 is 5.97 Å². The quantitative estimate of drug-likeness (QED) is 0.0826. The van der Waals surface area contributed by atoms with E-state index < -0.39 is 33.3 Å². The Hall–Kier alpha value is -6.52. The second kappa shape index (κ2) is 16.2. The van der Waals surface area contributed by atoms with Crippen molar-refractivity contribution in [1.29, 1.82) is 0 Å². The van der Waals surface area contributed by atoms with Crippen LogP contribution in [0.5, 0.6) is 0 Å². The smallest absolute Gasteiger partial charge is 0.352 e. The molecule has 11 rings (SSSR count). The summed E-state index contributed by atoms with van der Waals surface area (Å²) in [6, 6.07) is 38.6. The molecule has 0 saturated carbocycles. The number of thioether (sulfide) groups is 1. The number of nitrogens with zero attached hydrogens (tertiary/aromatic N) is 4. The minimum Gasteiger partial charge on any atom is -0.477 e. The summed E-state index contributed by atoms with van der Waals surface area (Å²) in [5.74, 6) is -1.47. The minimum atomic E-state index is -4.30. The first kappa shape index (κ1) is 41.2. The van der Waals surface area contributed by atoms with Crippen molar-refractivity contribution in [3.63, 3.8) is 0 Å². The zero-order valence-corrected chi connectivity index (χ0v) is 37.6. The maximum absolute atomic E-state index is 15.0. The lowest BCUT2D eigenvalue weighted by Crippen LogP contribution is -2.70. The predicted molar refractivity (Wildman–Crippen MR) is 253 cm³/mol. The van der Waals surface area contributed by atoms with Gasteiger partial charge in [0.25, 0.3) is 5.91 Å². The van der Waals surface area contributed by atoms with Gasteiger partial charge in [0.1, 0.15) is 28.5 Å². The monoisotopic (exact) mass is 920 g/mol. The molecule has 65 heavy (non-hydrogen) atoms. The fourth-order valence-electron chi connectivity index (χ4n) is 9.73. The van der Waals surface area contributed by atoms with Crippen LogP contribution in [0, 0.1) is 0 Å². The number of β-lactam (4-membered cyclic amide) rings is 1. The minimum absolute atomic E-state index is 0.0405. The van der Waals surface area contributed by atoms with E-state index in [1.54, 1.807) is 18.2 Å². The predicted octanol–water partition coefficient (Wildman–Crippen LogP) is 7.22. The van der Waals surface area contributed by atoms with E-state index >= 15 is 0 Å². The molecule has 0 bridgehead atoms. The second-order valence-electron chi connectivity index (χ2n) is 16.6. The van der Waals surface area contributed by atoms with Crippen LogP contribution in [0.15, 0.2) is 147 Å². The highest BCUT2D eigenvalue weighted by Gasteiger charge is 2.54. The summed E-state index contributed by atoms with van der Waals surface area (Å²) in [4.78, 5) is 43.5. The molecule has 2 N–H and O–H groups in total. The Morgan fingerprint density at radius 1 is 0.908 bits per heavy atom. The second-order valence-corrected chi connectivity index (χ2v) is 20.8. The maximum atomic E-state index is 15.0. The van der Waals surface area contributed by atoms with Crippen LogP contribution in [-0.4, -0.2) is 84.4 Å². The van der Waals surface area contributed by atoms with Crippen LogP contribution in [0.4, 0.5) is 17.1 Å². The van der Waals surface area contributed by atoms with Crippen molar-refractivity contribution >= 4 is 78.9 Å². The van der Waals surface area contributed by atoms with E-state index in [1.807, 2.05) is 60.0 Å². The number of likely N-dealkylation sites (N-methyl/N-ethyl adjacent to an activating group) is 1. The van der Waals surface area contributed by atoms with Gasteiger partial charge < -0.3 is 19.7 Å². The van der Waals surface area contributed by atoms with Crippen LogP contribution in [0.25, 0.3) is 33.4 Å². The SMILES string of the molecule is CN(CC1=C(C(=O)O)N2C(=O)[C@@H](NC(=O)Cc3cccs3)[C@H]2SC1)S(=O)(=O)c1ccccc1-c1c2ccc(=[N+]3CCc4ccccc43)cc-2oc2cc(N3CCc4ccccc43)ccc12. The molecule has 5 aliphatic heterocycles. The van der Waals surface area contributed by atoms with E-state index in [-0.39, 0.29) is 40.8 Å². The lowest BCUT2D eigenvalue weighted by atomic mass is 9.93. The highest BCUT2D eigenvalue weighted by Crippen LogP contribution is 2.46. The highest BCUT2D eigenvalue weighted by atomic mass is 32.2. The fourth-order valence-corrected chi connectivity index (χ4v) is 13.1. The van der Waals surface area contributed by atoms with E-state index in [1.165, 1.54) is 46.2 Å². The zero-order chi connectivity index (χ0) is 44.6. The van der Waals surface area contributed by atoms with E-state index in [4.69, 9.17) is 4.42 Å². The van der Waals surface area contributed by atoms with Crippen LogP contribution in [0.1, 0.15) is 16.0 Å². The standard InChI is InChI=1S/C50H41N5O7S3/c1-52(28-32-29-64-49-46(48(57)55(49)47(32)50(58)59)51-44(56)27-35-11-8-24-63-35)65(60,61)43-15-7-4-12-38(43)45-36-18-16-33(53-22-20-30-9-2-5-13-39(30)53)25-41(36)62-42-26-34(17-19-37(42)45)54-23-21-31-10-3-6-14-40(31)54/h2-19,24-26,46,49H,20-23,27-29H2,1H3,(H-,51,56,58,59)/p+1/t46-,49-/m1/s1. The summed E-state index contributed by atoms with van der Waals surface area (Å²) in [6.07, 6.45) is 1.95. The van der Waals surface area contributed by atoms with Crippen LogP contribution >= 0.6 is 23.1 Å². The molecule has 2 atom stereocenters. The number of rotatable bonds is 10. The number of amides is 2. The van der Waals surface area contributed by atoms with Gasteiger partial charge in [-0.05, 0) is 59.3 Å². The molecule has 0 radical (unpaired) electrons. The van der Waals surface area contributed by atoms with Crippen LogP contribution in [0.2, 0.25) is 0 Å². The van der Waals surface area contributed by atoms with Crippen molar-refractivity contribution in [1.82, 2.24) is 19.1 Å². The largest absolute Gasteiger partial charge is 0.477 e. The Morgan fingerprint density at radius 3 is 2.54 bits per heavy atom. The number of carboxylic acids is 1. The molecule has 326 valence electrons. The number of aliphatic carboxylic acids is 1. The molecule has 1 fully saturated rings. The maximum Gasteiger partial charge on any atom is 0.352 e. The first-order valence-corrected chi connectivity index (χ1v) is 24.7. The number of hydrogen-bond donors (Lipinski definition) is 2. The highest BCUT2D eigenvalue weighted by molar-refractivity contribution is 8.00. The molecule has 6 heterocycles. The summed E-state index contributed by atoms with van der Waals surface area (Å²) in [5, 5.41) is 16.2. The Bertz CT molecular complexity index is 3310. The Balaban J connectivity index is 0.976. The number of para-hydroxylation sites is 2. The molecule has 0 spiro atoms. The van der Waals surface area contributed by atoms with Gasteiger partial charge in [-0.3, -0.25) is 14.5 Å². The molecule has 1 aliphatic carbocycles. The molecule has 4 aromatic carbocycles. The van der Waals surface area contributed by atoms with E-state index in [9.17, 15) is 27.9 Å². The Labute approximate surface area is 383 Å². The molecular weight excluding hydrogens is 879 g/mol. The number of anilines is 2. The molecule has 6 aliphatic rings. The van der Waals surface area contributed by atoms with E-state index in [0.717, 1.165) is 68.5 Å². The summed E-state index contributed by atoms with van der Waals surface area (Å²) in [5.41, 5.74) is 8.30. The van der Waals surface area contributed by atoms with Crippen molar-refractivity contribution < 1.29 is 32.3 Å². The van der Waals surface area contributed by atoms with Gasteiger partial charge in [0.15, 0.2) is 6.54 Å². The van der Waals surface area contributed by atoms with Crippen molar-refractivity contribution in [2.45, 2.75) is 35.6 Å². The lowest BCUT2D eigenvalue weighted by Gasteiger charge is -2.49. The van der Waals surface area contributed by atoms with Crippen molar-refractivity contribution in [2.75, 3.05) is 37.3 Å². The molecule has 1 aromatic heterocycles. The van der Waals surface area contributed by atoms with Crippen LogP contribution < -0.4 is 20.1 Å². The van der Waals surface area contributed by atoms with Crippen molar-refractivity contribution in [2.24, 2.45) is 0 Å². The number of hydrogen-bond acceptors (Lipinski definition) is 9. The summed E-state index contributed by atoms with van der Waals surface area (Å²) >= 11 is 2.74. The Kier molecular flexibility index (Phi) is 10.3.